The molecule has 2 heterocycles. The number of aromatic nitrogens is 2. The van der Waals surface area contributed by atoms with Gasteiger partial charge in [0.2, 0.25) is 0 Å². The van der Waals surface area contributed by atoms with Crippen LogP contribution in [0.1, 0.15) is 21.8 Å². The van der Waals surface area contributed by atoms with E-state index >= 15 is 0 Å². The quantitative estimate of drug-likeness (QED) is 0.456. The Morgan fingerprint density at radius 1 is 1.42 bits per heavy atom. The number of hydrazine groups is 1. The first-order valence-corrected chi connectivity index (χ1v) is 5.73. The zero-order chi connectivity index (χ0) is 13.7. The fourth-order valence-corrected chi connectivity index (χ4v) is 1.69. The predicted octanol–water partition coefficient (Wildman–Crippen LogP) is 0.305. The fraction of sp³-hybridized carbons (Fsp3) is 0.250. The van der Waals surface area contributed by atoms with Crippen molar-refractivity contribution in [1.29, 1.82) is 0 Å². The SMILES string of the molecule is CN(Cc1ccncc1)Cc1cc(C(=O)NN)no1. The largest absolute Gasteiger partial charge is 0.359 e. The first-order chi connectivity index (χ1) is 9.19. The molecule has 0 aliphatic rings. The standard InChI is InChI=1S/C12H15N5O2/c1-17(7-9-2-4-14-5-3-9)8-10-6-11(16-19-10)12(18)15-13/h2-6H,7-8,13H2,1H3,(H,15,18). The number of carbonyl (C=O) groups is 1. The van der Waals surface area contributed by atoms with Crippen LogP contribution < -0.4 is 11.3 Å². The van der Waals surface area contributed by atoms with E-state index in [0.29, 0.717) is 12.3 Å². The minimum absolute atomic E-state index is 0.176. The van der Waals surface area contributed by atoms with E-state index in [1.807, 2.05) is 29.5 Å². The van der Waals surface area contributed by atoms with Gasteiger partial charge in [0.1, 0.15) is 0 Å². The molecule has 0 aliphatic heterocycles. The van der Waals surface area contributed by atoms with E-state index in [9.17, 15) is 4.79 Å². The summed E-state index contributed by atoms with van der Waals surface area (Å²) in [6.45, 7) is 1.30. The number of nitrogens with zero attached hydrogens (tertiary/aromatic N) is 3. The van der Waals surface area contributed by atoms with Crippen molar-refractivity contribution in [2.45, 2.75) is 13.1 Å². The summed E-state index contributed by atoms with van der Waals surface area (Å²) in [4.78, 5) is 17.2. The van der Waals surface area contributed by atoms with Crippen molar-refractivity contribution in [1.82, 2.24) is 20.5 Å². The highest BCUT2D eigenvalue weighted by Gasteiger charge is 2.12. The van der Waals surface area contributed by atoms with Crippen LogP contribution in [0.4, 0.5) is 0 Å². The second-order valence-electron chi connectivity index (χ2n) is 4.18. The summed E-state index contributed by atoms with van der Waals surface area (Å²) in [5, 5.41) is 3.64. The molecule has 2 aromatic rings. The van der Waals surface area contributed by atoms with E-state index in [1.54, 1.807) is 18.5 Å². The van der Waals surface area contributed by atoms with E-state index in [0.717, 1.165) is 12.1 Å². The summed E-state index contributed by atoms with van der Waals surface area (Å²) in [5.74, 6) is 5.16. The smallest absolute Gasteiger partial charge is 0.287 e. The van der Waals surface area contributed by atoms with Crippen molar-refractivity contribution in [3.8, 4) is 0 Å². The monoisotopic (exact) mass is 261 g/mol. The highest BCUT2D eigenvalue weighted by Crippen LogP contribution is 2.09. The van der Waals surface area contributed by atoms with E-state index < -0.39 is 5.91 Å². The summed E-state index contributed by atoms with van der Waals surface area (Å²) >= 11 is 0. The third-order valence-corrected chi connectivity index (χ3v) is 2.55. The Kier molecular flexibility index (Phi) is 4.22. The van der Waals surface area contributed by atoms with Gasteiger partial charge in [-0.1, -0.05) is 5.16 Å². The van der Waals surface area contributed by atoms with Crippen LogP contribution in [0.5, 0.6) is 0 Å². The van der Waals surface area contributed by atoms with Crippen molar-refractivity contribution in [3.63, 3.8) is 0 Å². The van der Waals surface area contributed by atoms with Gasteiger partial charge in [-0.3, -0.25) is 20.1 Å². The number of carbonyl (C=O) groups excluding carboxylic acids is 1. The van der Waals surface area contributed by atoms with Gasteiger partial charge in [-0.05, 0) is 24.7 Å². The molecule has 100 valence electrons. The molecule has 0 spiro atoms. The topological polar surface area (TPSA) is 97.3 Å². The molecule has 0 saturated carbocycles. The van der Waals surface area contributed by atoms with Gasteiger partial charge in [-0.2, -0.15) is 0 Å². The van der Waals surface area contributed by atoms with Gasteiger partial charge in [0.15, 0.2) is 11.5 Å². The normalized spacial score (nSPS) is 10.7. The zero-order valence-electron chi connectivity index (χ0n) is 10.5. The average molecular weight is 261 g/mol. The number of pyridine rings is 1. The Balaban J connectivity index is 1.94. The van der Waals surface area contributed by atoms with Gasteiger partial charge in [-0.15, -0.1) is 0 Å². The van der Waals surface area contributed by atoms with Crippen LogP contribution in [-0.2, 0) is 13.1 Å². The Bertz CT molecular complexity index is 540. The Morgan fingerprint density at radius 2 is 2.16 bits per heavy atom. The van der Waals surface area contributed by atoms with E-state index in [2.05, 4.69) is 10.1 Å². The minimum atomic E-state index is -0.466. The van der Waals surface area contributed by atoms with Crippen molar-refractivity contribution < 1.29 is 9.32 Å². The number of hydrogen-bond donors (Lipinski definition) is 2. The first kappa shape index (κ1) is 13.2. The van der Waals surface area contributed by atoms with Crippen LogP contribution in [0.3, 0.4) is 0 Å². The lowest BCUT2D eigenvalue weighted by Gasteiger charge is -2.14. The second-order valence-corrected chi connectivity index (χ2v) is 4.18. The summed E-state index contributed by atoms with van der Waals surface area (Å²) < 4.78 is 5.08. The van der Waals surface area contributed by atoms with Crippen LogP contribution >= 0.6 is 0 Å². The van der Waals surface area contributed by atoms with Gasteiger partial charge >= 0.3 is 0 Å². The fourth-order valence-electron chi connectivity index (χ4n) is 1.69. The van der Waals surface area contributed by atoms with Crippen molar-refractivity contribution in [2.24, 2.45) is 5.84 Å². The third-order valence-electron chi connectivity index (χ3n) is 2.55. The molecule has 0 aromatic carbocycles. The molecule has 0 atom stereocenters. The summed E-state index contributed by atoms with van der Waals surface area (Å²) in [6, 6.07) is 5.47. The van der Waals surface area contributed by atoms with Crippen molar-refractivity contribution in [2.75, 3.05) is 7.05 Å². The third kappa shape index (κ3) is 3.60. The number of nitrogen functional groups attached to an aromatic ring is 1. The lowest BCUT2D eigenvalue weighted by atomic mass is 10.2. The van der Waals surface area contributed by atoms with E-state index in [-0.39, 0.29) is 5.69 Å². The molecule has 19 heavy (non-hydrogen) atoms. The molecule has 3 N–H and O–H groups in total. The Hall–Kier alpha value is -2.25. The Morgan fingerprint density at radius 3 is 2.84 bits per heavy atom. The number of hydrogen-bond acceptors (Lipinski definition) is 6. The molecule has 0 fully saturated rings. The first-order valence-electron chi connectivity index (χ1n) is 5.73. The maximum Gasteiger partial charge on any atom is 0.287 e. The van der Waals surface area contributed by atoms with Gasteiger partial charge in [0, 0.05) is 25.0 Å². The number of rotatable bonds is 5. The van der Waals surface area contributed by atoms with Gasteiger partial charge in [0.05, 0.1) is 6.54 Å². The highest BCUT2D eigenvalue weighted by molar-refractivity contribution is 5.91. The van der Waals surface area contributed by atoms with Crippen LogP contribution in [0, 0.1) is 0 Å². The number of nitrogens with two attached hydrogens (primary N) is 1. The van der Waals surface area contributed by atoms with E-state index in [4.69, 9.17) is 10.4 Å². The summed E-state index contributed by atoms with van der Waals surface area (Å²) in [6.07, 6.45) is 3.50. The average Bonchev–Trinajstić information content (AvgIpc) is 2.87. The highest BCUT2D eigenvalue weighted by atomic mass is 16.5. The molecule has 2 rings (SSSR count). The van der Waals surface area contributed by atoms with E-state index in [1.165, 1.54) is 0 Å². The molecule has 0 bridgehead atoms. The number of amides is 1. The van der Waals surface area contributed by atoms with Gasteiger partial charge < -0.3 is 4.52 Å². The minimum Gasteiger partial charge on any atom is -0.359 e. The maximum absolute atomic E-state index is 11.2. The van der Waals surface area contributed by atoms with Crippen molar-refractivity contribution in [3.05, 3.63) is 47.6 Å². The van der Waals surface area contributed by atoms with Crippen LogP contribution in [0.15, 0.2) is 35.1 Å². The molecular weight excluding hydrogens is 246 g/mol. The van der Waals surface area contributed by atoms with Crippen LogP contribution in [0.2, 0.25) is 0 Å². The predicted molar refractivity (Wildman–Crippen MR) is 67.6 cm³/mol. The molecule has 0 saturated heterocycles. The summed E-state index contributed by atoms with van der Waals surface area (Å²) in [5.41, 5.74) is 3.33. The molecule has 0 unspecified atom stereocenters. The molecule has 2 aromatic heterocycles. The molecular formula is C12H15N5O2. The molecule has 0 radical (unpaired) electrons. The van der Waals surface area contributed by atoms with Crippen molar-refractivity contribution >= 4 is 5.91 Å². The Labute approximate surface area is 110 Å². The van der Waals surface area contributed by atoms with Crippen LogP contribution in [-0.4, -0.2) is 28.0 Å². The van der Waals surface area contributed by atoms with Gasteiger partial charge in [0.25, 0.3) is 5.91 Å². The zero-order valence-corrected chi connectivity index (χ0v) is 10.5. The molecule has 0 aliphatic carbocycles. The molecule has 7 heteroatoms. The van der Waals surface area contributed by atoms with Gasteiger partial charge in [-0.25, -0.2) is 5.84 Å². The molecule has 7 nitrogen and oxygen atoms in total. The maximum atomic E-state index is 11.2. The molecule has 1 amide bonds. The summed E-state index contributed by atoms with van der Waals surface area (Å²) in [7, 11) is 1.95. The lowest BCUT2D eigenvalue weighted by molar-refractivity contribution is 0.0944. The van der Waals surface area contributed by atoms with Crippen LogP contribution in [0.25, 0.3) is 0 Å². The lowest BCUT2D eigenvalue weighted by Crippen LogP contribution is -2.30. The second kappa shape index (κ2) is 6.07. The number of nitrogens with one attached hydrogen (secondary N) is 1.